The molecule has 0 radical (unpaired) electrons. The van der Waals surface area contributed by atoms with Crippen molar-refractivity contribution in [1.29, 1.82) is 0 Å². The average molecular weight is 401 g/mol. The predicted octanol–water partition coefficient (Wildman–Crippen LogP) is 1.41. The maximum absolute atomic E-state index is 11.9. The monoisotopic (exact) mass is 400 g/mol. The van der Waals surface area contributed by atoms with E-state index in [-0.39, 0.29) is 5.91 Å². The van der Waals surface area contributed by atoms with Gasteiger partial charge in [-0.3, -0.25) is 9.59 Å². The Balaban J connectivity index is 2.18. The molecule has 0 heterocycles. The van der Waals surface area contributed by atoms with Crippen LogP contribution in [0.2, 0.25) is 0 Å². The van der Waals surface area contributed by atoms with E-state index in [0.717, 1.165) is 5.56 Å². The zero-order valence-corrected chi connectivity index (χ0v) is 16.3. The van der Waals surface area contributed by atoms with Gasteiger partial charge in [0.15, 0.2) is 0 Å². The molecule has 1 unspecified atom stereocenters. The van der Waals surface area contributed by atoms with Crippen LogP contribution in [-0.2, 0) is 9.59 Å². The van der Waals surface area contributed by atoms with Crippen molar-refractivity contribution in [2.45, 2.75) is 25.9 Å². The number of aryl methyl sites for hydroxylation is 1. The zero-order valence-electron chi connectivity index (χ0n) is 14.7. The minimum absolute atomic E-state index is 0.295. The first-order chi connectivity index (χ1) is 12.3. The maximum atomic E-state index is 11.9. The van der Waals surface area contributed by atoms with Crippen LogP contribution in [0.1, 0.15) is 12.5 Å². The fourth-order valence-electron chi connectivity index (χ4n) is 1.69. The van der Waals surface area contributed by atoms with Crippen molar-refractivity contribution >= 4 is 45.2 Å². The summed E-state index contributed by atoms with van der Waals surface area (Å²) in [4.78, 5) is 34.4. The number of hydrogen-bond donors (Lipinski definition) is 5. The van der Waals surface area contributed by atoms with Crippen molar-refractivity contribution in [3.05, 3.63) is 29.8 Å². The molecule has 0 saturated carbocycles. The summed E-state index contributed by atoms with van der Waals surface area (Å²) in [6.07, 6.45) is 0. The van der Waals surface area contributed by atoms with Gasteiger partial charge in [-0.25, -0.2) is 4.79 Å². The quantitative estimate of drug-likeness (QED) is 0.296. The van der Waals surface area contributed by atoms with Crippen LogP contribution in [0.3, 0.4) is 0 Å². The van der Waals surface area contributed by atoms with Crippen LogP contribution in [0.4, 0.5) is 10.5 Å². The molecule has 10 heteroatoms. The molecule has 0 spiro atoms. The van der Waals surface area contributed by atoms with E-state index in [1.165, 1.54) is 21.6 Å². The number of carboxylic acid groups (broad SMARTS) is 1. The van der Waals surface area contributed by atoms with Crippen LogP contribution in [0.15, 0.2) is 24.3 Å². The lowest BCUT2D eigenvalue weighted by molar-refractivity contribution is -0.137. The SMILES string of the molecule is Cc1ccc(NC(=O)NC(C)C(=O)NCCSSC[C@H](N)C(=O)O)cc1. The van der Waals surface area contributed by atoms with Gasteiger partial charge in [0, 0.05) is 23.7 Å². The fourth-order valence-corrected chi connectivity index (χ4v) is 3.71. The van der Waals surface area contributed by atoms with Gasteiger partial charge in [0.1, 0.15) is 12.1 Å². The van der Waals surface area contributed by atoms with E-state index in [2.05, 4.69) is 16.0 Å². The average Bonchev–Trinajstić information content (AvgIpc) is 2.59. The molecule has 8 nitrogen and oxygen atoms in total. The largest absolute Gasteiger partial charge is 0.480 e. The molecule has 0 bridgehead atoms. The number of carbonyl (C=O) groups is 3. The molecule has 3 amide bonds. The second-order valence-electron chi connectivity index (χ2n) is 5.53. The molecule has 0 aliphatic carbocycles. The summed E-state index contributed by atoms with van der Waals surface area (Å²) >= 11 is 0. The zero-order chi connectivity index (χ0) is 19.5. The Kier molecular flexibility index (Phi) is 9.92. The maximum Gasteiger partial charge on any atom is 0.321 e. The number of hydrogen-bond acceptors (Lipinski definition) is 6. The van der Waals surface area contributed by atoms with Crippen molar-refractivity contribution in [2.75, 3.05) is 23.4 Å². The molecular formula is C16H24N4O4S2. The molecule has 1 rings (SSSR count). The molecule has 1 aromatic rings. The van der Waals surface area contributed by atoms with Gasteiger partial charge in [-0.1, -0.05) is 39.3 Å². The highest BCUT2D eigenvalue weighted by molar-refractivity contribution is 8.76. The number of urea groups is 1. The van der Waals surface area contributed by atoms with Crippen LogP contribution in [0.5, 0.6) is 0 Å². The normalized spacial score (nSPS) is 12.7. The van der Waals surface area contributed by atoms with Gasteiger partial charge >= 0.3 is 12.0 Å². The summed E-state index contributed by atoms with van der Waals surface area (Å²) < 4.78 is 0. The summed E-state index contributed by atoms with van der Waals surface area (Å²) in [5, 5.41) is 16.6. The van der Waals surface area contributed by atoms with E-state index in [9.17, 15) is 14.4 Å². The highest BCUT2D eigenvalue weighted by Crippen LogP contribution is 2.20. The van der Waals surface area contributed by atoms with Crippen molar-refractivity contribution in [2.24, 2.45) is 5.73 Å². The van der Waals surface area contributed by atoms with Crippen LogP contribution >= 0.6 is 21.6 Å². The molecule has 0 aromatic heterocycles. The Hall–Kier alpha value is -1.91. The van der Waals surface area contributed by atoms with Crippen molar-refractivity contribution in [3.63, 3.8) is 0 Å². The lowest BCUT2D eigenvalue weighted by Gasteiger charge is -2.15. The fraction of sp³-hybridized carbons (Fsp3) is 0.438. The lowest BCUT2D eigenvalue weighted by atomic mass is 10.2. The first kappa shape index (κ1) is 22.1. The second-order valence-corrected chi connectivity index (χ2v) is 8.16. The number of aliphatic carboxylic acids is 1. The third-order valence-electron chi connectivity index (χ3n) is 3.18. The van der Waals surface area contributed by atoms with Crippen LogP contribution in [0, 0.1) is 6.92 Å². The van der Waals surface area contributed by atoms with E-state index in [1.54, 1.807) is 19.1 Å². The van der Waals surface area contributed by atoms with E-state index in [0.29, 0.717) is 23.7 Å². The predicted molar refractivity (Wildman–Crippen MR) is 106 cm³/mol. The molecule has 1 aromatic carbocycles. The highest BCUT2D eigenvalue weighted by atomic mass is 33.1. The Bertz CT molecular complexity index is 613. The molecule has 144 valence electrons. The third kappa shape index (κ3) is 8.97. The number of nitrogens with one attached hydrogen (secondary N) is 3. The molecule has 0 saturated heterocycles. The summed E-state index contributed by atoms with van der Waals surface area (Å²) in [5.74, 6) is -0.428. The summed E-state index contributed by atoms with van der Waals surface area (Å²) in [5.41, 5.74) is 7.11. The molecule has 0 aliphatic heterocycles. The number of carbonyl (C=O) groups excluding carboxylic acids is 2. The number of amides is 3. The molecular weight excluding hydrogens is 376 g/mol. The number of anilines is 1. The molecule has 2 atom stereocenters. The number of rotatable bonds is 10. The van der Waals surface area contributed by atoms with E-state index >= 15 is 0 Å². The Morgan fingerprint density at radius 2 is 1.85 bits per heavy atom. The van der Waals surface area contributed by atoms with E-state index in [4.69, 9.17) is 10.8 Å². The highest BCUT2D eigenvalue weighted by Gasteiger charge is 2.15. The van der Waals surface area contributed by atoms with Crippen LogP contribution in [0.25, 0.3) is 0 Å². The van der Waals surface area contributed by atoms with Crippen molar-refractivity contribution < 1.29 is 19.5 Å². The topological polar surface area (TPSA) is 134 Å². The Labute approximate surface area is 160 Å². The summed E-state index contributed by atoms with van der Waals surface area (Å²) in [7, 11) is 2.77. The van der Waals surface area contributed by atoms with E-state index < -0.39 is 24.1 Å². The van der Waals surface area contributed by atoms with Gasteiger partial charge in [-0.05, 0) is 26.0 Å². The molecule has 0 fully saturated rings. The first-order valence-corrected chi connectivity index (χ1v) is 10.4. The Morgan fingerprint density at radius 3 is 2.46 bits per heavy atom. The van der Waals surface area contributed by atoms with Crippen molar-refractivity contribution in [3.8, 4) is 0 Å². The first-order valence-electron chi connectivity index (χ1n) is 7.94. The number of nitrogens with two attached hydrogens (primary N) is 1. The standard InChI is InChI=1S/C16H24N4O4S2/c1-10-3-5-12(6-4-10)20-16(24)19-11(2)14(21)18-7-8-25-26-9-13(17)15(22)23/h3-6,11,13H,7-9,17H2,1-2H3,(H,18,21)(H,22,23)(H2,19,20,24)/t11?,13-/m0/s1. The van der Waals surface area contributed by atoms with E-state index in [1.807, 2.05) is 19.1 Å². The molecule has 6 N–H and O–H groups in total. The lowest BCUT2D eigenvalue weighted by Crippen LogP contribution is -2.46. The summed E-state index contributed by atoms with van der Waals surface area (Å²) in [6, 6.07) is 5.30. The van der Waals surface area contributed by atoms with Gasteiger partial charge < -0.3 is 26.8 Å². The summed E-state index contributed by atoms with van der Waals surface area (Å²) in [6.45, 7) is 3.95. The van der Waals surface area contributed by atoms with Crippen LogP contribution < -0.4 is 21.7 Å². The van der Waals surface area contributed by atoms with Crippen LogP contribution in [-0.4, -0.2) is 53.1 Å². The minimum atomic E-state index is -1.03. The van der Waals surface area contributed by atoms with Gasteiger partial charge in [-0.15, -0.1) is 0 Å². The van der Waals surface area contributed by atoms with Crippen molar-refractivity contribution in [1.82, 2.24) is 10.6 Å². The second kappa shape index (κ2) is 11.7. The third-order valence-corrected chi connectivity index (χ3v) is 5.62. The number of benzene rings is 1. The number of carboxylic acids is 1. The Morgan fingerprint density at radius 1 is 1.19 bits per heavy atom. The van der Waals surface area contributed by atoms with Gasteiger partial charge in [0.25, 0.3) is 0 Å². The van der Waals surface area contributed by atoms with Gasteiger partial charge in [0.05, 0.1) is 0 Å². The van der Waals surface area contributed by atoms with Gasteiger partial charge in [-0.2, -0.15) is 0 Å². The molecule has 0 aliphatic rings. The minimum Gasteiger partial charge on any atom is -0.480 e. The molecule has 26 heavy (non-hydrogen) atoms. The smallest absolute Gasteiger partial charge is 0.321 e. The van der Waals surface area contributed by atoms with Gasteiger partial charge in [0.2, 0.25) is 5.91 Å².